The molecule has 156 valence electrons. The predicted molar refractivity (Wildman–Crippen MR) is 101 cm³/mol. The van der Waals surface area contributed by atoms with Crippen molar-refractivity contribution in [2.75, 3.05) is 33.9 Å². The molecule has 1 fully saturated rings. The van der Waals surface area contributed by atoms with Gasteiger partial charge in [-0.05, 0) is 49.3 Å². The van der Waals surface area contributed by atoms with Gasteiger partial charge in [-0.25, -0.2) is 4.57 Å². The first-order chi connectivity index (χ1) is 13.3. The first-order valence-corrected chi connectivity index (χ1v) is 10.4. The van der Waals surface area contributed by atoms with Gasteiger partial charge in [0.25, 0.3) is 0 Å². The average molecular weight is 415 g/mol. The first-order valence-electron chi connectivity index (χ1n) is 8.81. The second kappa shape index (κ2) is 10.5. The Hall–Kier alpha value is -2.04. The van der Waals surface area contributed by atoms with Crippen molar-refractivity contribution in [2.24, 2.45) is 0 Å². The van der Waals surface area contributed by atoms with E-state index in [4.69, 9.17) is 28.7 Å². The van der Waals surface area contributed by atoms with Crippen molar-refractivity contribution in [1.82, 2.24) is 25.1 Å². The van der Waals surface area contributed by atoms with Gasteiger partial charge in [0.05, 0.1) is 20.8 Å². The summed E-state index contributed by atoms with van der Waals surface area (Å²) in [6.07, 6.45) is 3.94. The Bertz CT molecular complexity index is 781. The van der Waals surface area contributed by atoms with E-state index in [0.29, 0.717) is 17.3 Å². The maximum Gasteiger partial charge on any atom is 0.466 e. The first kappa shape index (κ1) is 22.3. The number of likely N-dealkylation sites (tertiary alicyclic amines) is 1. The molecule has 1 aromatic heterocycles. The molecule has 0 unspecified atom stereocenters. The van der Waals surface area contributed by atoms with Crippen LogP contribution in [0.2, 0.25) is 0 Å². The van der Waals surface area contributed by atoms with E-state index in [1.807, 2.05) is 18.2 Å². The van der Waals surface area contributed by atoms with Crippen molar-refractivity contribution < 1.29 is 28.7 Å². The third kappa shape index (κ3) is 7.53. The molecule has 12 heteroatoms. The minimum Gasteiger partial charge on any atom is -0.493 e. The molecule has 1 aromatic carbocycles. The van der Waals surface area contributed by atoms with Gasteiger partial charge < -0.3 is 29.1 Å². The van der Waals surface area contributed by atoms with Crippen LogP contribution in [0, 0.1) is 0 Å². The van der Waals surface area contributed by atoms with Crippen LogP contribution in [0.15, 0.2) is 18.2 Å². The number of rotatable bonds is 6. The Morgan fingerprint density at radius 1 is 1.04 bits per heavy atom. The van der Waals surface area contributed by atoms with Crippen LogP contribution in [-0.2, 0) is 11.1 Å². The second-order valence-electron chi connectivity index (χ2n) is 6.19. The zero-order valence-corrected chi connectivity index (χ0v) is 16.8. The molecule has 3 N–H and O–H groups in total. The number of piperidine rings is 1. The standard InChI is InChI=1S/C16H23N5O2.H3O4P/c1-22-14-7-6-13(12-15(14)23-2)16-17-19-21(18-16)11-10-20-8-4-3-5-9-20;1-5(2,3)4/h6-7,12H,3-5,8-11H2,1-2H3;(H3,1,2,3,4). The summed E-state index contributed by atoms with van der Waals surface area (Å²) in [4.78, 5) is 25.7. The largest absolute Gasteiger partial charge is 0.493 e. The summed E-state index contributed by atoms with van der Waals surface area (Å²) < 4.78 is 19.4. The van der Waals surface area contributed by atoms with E-state index in [2.05, 4.69) is 20.3 Å². The van der Waals surface area contributed by atoms with Gasteiger partial charge in [-0.15, -0.1) is 10.2 Å². The molecule has 11 nitrogen and oxygen atoms in total. The summed E-state index contributed by atoms with van der Waals surface area (Å²) in [5, 5.41) is 12.8. The average Bonchev–Trinajstić information content (AvgIpc) is 3.14. The van der Waals surface area contributed by atoms with Crippen LogP contribution >= 0.6 is 7.82 Å². The highest BCUT2D eigenvalue weighted by Crippen LogP contribution is 2.30. The van der Waals surface area contributed by atoms with Gasteiger partial charge in [-0.1, -0.05) is 6.42 Å². The van der Waals surface area contributed by atoms with Gasteiger partial charge in [0.1, 0.15) is 0 Å². The van der Waals surface area contributed by atoms with Gasteiger partial charge in [-0.3, -0.25) is 0 Å². The van der Waals surface area contributed by atoms with Crippen LogP contribution in [0.3, 0.4) is 0 Å². The number of aromatic nitrogens is 4. The molecule has 0 saturated carbocycles. The molecule has 28 heavy (non-hydrogen) atoms. The van der Waals surface area contributed by atoms with Crippen LogP contribution in [0.1, 0.15) is 19.3 Å². The summed E-state index contributed by atoms with van der Waals surface area (Å²) in [6, 6.07) is 5.63. The number of nitrogens with zero attached hydrogens (tertiary/aromatic N) is 5. The lowest BCUT2D eigenvalue weighted by Gasteiger charge is -2.25. The summed E-state index contributed by atoms with van der Waals surface area (Å²) in [6.45, 7) is 4.09. The molecule has 0 bridgehead atoms. The maximum atomic E-state index is 8.88. The molecule has 3 rings (SSSR count). The van der Waals surface area contributed by atoms with Crippen LogP contribution < -0.4 is 9.47 Å². The molecule has 2 heterocycles. The normalized spacial score (nSPS) is 14.9. The zero-order valence-electron chi connectivity index (χ0n) is 15.9. The van der Waals surface area contributed by atoms with E-state index < -0.39 is 7.82 Å². The quantitative estimate of drug-likeness (QED) is 0.583. The molecule has 1 aliphatic rings. The molecule has 2 aromatic rings. The maximum absolute atomic E-state index is 8.88. The van der Waals surface area contributed by atoms with Crippen LogP contribution in [0.4, 0.5) is 0 Å². The summed E-state index contributed by atoms with van der Waals surface area (Å²) in [7, 11) is -1.41. The molecule has 0 atom stereocenters. The minimum absolute atomic E-state index is 0.601. The fourth-order valence-electron chi connectivity index (χ4n) is 2.84. The number of tetrazole rings is 1. The molecule has 0 spiro atoms. The van der Waals surface area contributed by atoms with E-state index >= 15 is 0 Å². The molecular formula is C16H26N5O6P. The summed E-state index contributed by atoms with van der Waals surface area (Å²) >= 11 is 0. The molecule has 0 amide bonds. The van der Waals surface area contributed by atoms with Gasteiger partial charge >= 0.3 is 7.82 Å². The van der Waals surface area contributed by atoms with Gasteiger partial charge in [0, 0.05) is 12.1 Å². The van der Waals surface area contributed by atoms with Gasteiger partial charge in [0.15, 0.2) is 11.5 Å². The number of ether oxygens (including phenoxy) is 2. The van der Waals surface area contributed by atoms with Crippen LogP contribution in [0.25, 0.3) is 11.4 Å². The van der Waals surface area contributed by atoms with E-state index in [9.17, 15) is 0 Å². The van der Waals surface area contributed by atoms with Gasteiger partial charge in [0.2, 0.25) is 5.82 Å². The monoisotopic (exact) mass is 415 g/mol. The fourth-order valence-corrected chi connectivity index (χ4v) is 2.84. The summed E-state index contributed by atoms with van der Waals surface area (Å²) in [5.41, 5.74) is 0.867. The lowest BCUT2D eigenvalue weighted by Crippen LogP contribution is -2.33. The minimum atomic E-state index is -4.64. The third-order valence-corrected chi connectivity index (χ3v) is 4.16. The highest BCUT2D eigenvalue weighted by atomic mass is 31.2. The number of methoxy groups -OCH3 is 2. The lowest BCUT2D eigenvalue weighted by atomic mass is 10.1. The van der Waals surface area contributed by atoms with E-state index in [0.717, 1.165) is 18.7 Å². The molecule has 0 aliphatic carbocycles. The SMILES string of the molecule is COc1ccc(-c2nnn(CCN3CCCCC3)n2)cc1OC.O=P(O)(O)O. The van der Waals surface area contributed by atoms with Crippen molar-refractivity contribution in [3.8, 4) is 22.9 Å². The number of benzene rings is 1. The number of hydrogen-bond donors (Lipinski definition) is 3. The lowest BCUT2D eigenvalue weighted by molar-refractivity contribution is 0.213. The van der Waals surface area contributed by atoms with E-state index in [1.165, 1.54) is 32.4 Å². The second-order valence-corrected chi connectivity index (χ2v) is 7.22. The summed E-state index contributed by atoms with van der Waals surface area (Å²) in [5.74, 6) is 1.95. The zero-order chi connectivity index (χ0) is 20.6. The topological polar surface area (TPSA) is 143 Å². The number of phosphoric acid groups is 1. The van der Waals surface area contributed by atoms with E-state index in [1.54, 1.807) is 19.0 Å². The Morgan fingerprint density at radius 3 is 2.29 bits per heavy atom. The molecule has 1 aliphatic heterocycles. The smallest absolute Gasteiger partial charge is 0.466 e. The number of hydrogen-bond acceptors (Lipinski definition) is 7. The third-order valence-electron chi connectivity index (χ3n) is 4.16. The van der Waals surface area contributed by atoms with Crippen molar-refractivity contribution in [3.63, 3.8) is 0 Å². The Labute approximate surface area is 163 Å². The highest BCUT2D eigenvalue weighted by Gasteiger charge is 2.13. The van der Waals surface area contributed by atoms with Gasteiger partial charge in [-0.2, -0.15) is 4.80 Å². The highest BCUT2D eigenvalue weighted by molar-refractivity contribution is 7.45. The van der Waals surface area contributed by atoms with Crippen molar-refractivity contribution >= 4 is 7.82 Å². The Kier molecular flexibility index (Phi) is 8.34. The Balaban J connectivity index is 0.000000500. The van der Waals surface area contributed by atoms with E-state index in [-0.39, 0.29) is 0 Å². The predicted octanol–water partition coefficient (Wildman–Crippen LogP) is 0.915. The molecule has 1 saturated heterocycles. The van der Waals surface area contributed by atoms with Crippen molar-refractivity contribution in [1.29, 1.82) is 0 Å². The van der Waals surface area contributed by atoms with Crippen molar-refractivity contribution in [3.05, 3.63) is 18.2 Å². The van der Waals surface area contributed by atoms with Crippen LogP contribution in [-0.4, -0.2) is 73.6 Å². The molecular weight excluding hydrogens is 389 g/mol. The fraction of sp³-hybridized carbons (Fsp3) is 0.562. The van der Waals surface area contributed by atoms with Crippen molar-refractivity contribution in [2.45, 2.75) is 25.8 Å². The molecule has 0 radical (unpaired) electrons. The van der Waals surface area contributed by atoms with Crippen LogP contribution in [0.5, 0.6) is 11.5 Å². The Morgan fingerprint density at radius 2 is 1.68 bits per heavy atom.